The van der Waals surface area contributed by atoms with E-state index < -0.39 is 33.3 Å². The molecule has 0 rings (SSSR count). The first kappa shape index (κ1) is 55.8. The van der Waals surface area contributed by atoms with Crippen molar-refractivity contribution in [2.75, 3.05) is 0 Å². The molecule has 0 aromatic carbocycles. The first-order valence-corrected chi connectivity index (χ1v) is 29.9. The minimum Gasteiger partial charge on any atom is -0.432 e. The molecule has 0 saturated heterocycles. The van der Waals surface area contributed by atoms with Gasteiger partial charge in [-0.2, -0.15) is 0 Å². The van der Waals surface area contributed by atoms with Crippen molar-refractivity contribution in [1.82, 2.24) is 0 Å². The molecule has 45 heavy (non-hydrogen) atoms. The van der Waals surface area contributed by atoms with E-state index in [9.17, 15) is 19.2 Å². The van der Waals surface area contributed by atoms with Gasteiger partial charge in [-0.3, -0.25) is 0 Å². The van der Waals surface area contributed by atoms with Gasteiger partial charge in [0.2, 0.25) is 0 Å². The van der Waals surface area contributed by atoms with Crippen LogP contribution in [0, 0.1) is 0 Å². The largest absolute Gasteiger partial charge is 0.432 e. The minimum absolute atomic E-state index is 0. The Hall–Kier alpha value is 1.42. The second kappa shape index (κ2) is 36.7. The third kappa shape index (κ3) is 35.1. The van der Waals surface area contributed by atoms with Crippen molar-refractivity contribution in [3.8, 4) is 0 Å². The van der Waals surface area contributed by atoms with Crippen molar-refractivity contribution >= 4 is 33.3 Å². The van der Waals surface area contributed by atoms with Crippen LogP contribution < -0.4 is 0 Å². The van der Waals surface area contributed by atoms with Crippen molar-refractivity contribution in [3.05, 3.63) is 0 Å². The maximum atomic E-state index is 10.2. The number of hydrogen-bond acceptors (Lipinski definition) is 4. The van der Waals surface area contributed by atoms with E-state index in [1.54, 1.807) is 0 Å². The van der Waals surface area contributed by atoms with Gasteiger partial charge in [-0.05, 0) is 72.5 Å². The van der Waals surface area contributed by atoms with Crippen molar-refractivity contribution in [1.29, 1.82) is 0 Å². The zero-order chi connectivity index (χ0) is 35.0. The first-order valence-electron chi connectivity index (χ1n) is 19.6. The predicted octanol–water partition coefficient (Wildman–Crippen LogP) is 12.6. The maximum Gasteiger partial charge on any atom is 0.188 e. The summed E-state index contributed by atoms with van der Waals surface area (Å²) in [5.74, 6) is 0. The van der Waals surface area contributed by atoms with Gasteiger partial charge >= 0.3 is 0 Å². The Labute approximate surface area is 305 Å². The molecular formula is C36H88O4Si4Ti. The van der Waals surface area contributed by atoms with Crippen LogP contribution in [0.25, 0.3) is 0 Å². The molecule has 0 amide bonds. The van der Waals surface area contributed by atoms with E-state index in [0.717, 1.165) is 150 Å². The van der Waals surface area contributed by atoms with Gasteiger partial charge < -0.3 is 19.2 Å². The smallest absolute Gasteiger partial charge is 0.188 e. The van der Waals surface area contributed by atoms with Crippen LogP contribution in [0.5, 0.6) is 0 Å². The monoisotopic (exact) mass is 745 g/mol. The van der Waals surface area contributed by atoms with E-state index in [1.807, 2.05) is 0 Å². The summed E-state index contributed by atoms with van der Waals surface area (Å²) in [5.41, 5.74) is 0. The molecule has 0 aliphatic rings. The van der Waals surface area contributed by atoms with Gasteiger partial charge in [-0.25, -0.2) is 0 Å². The van der Waals surface area contributed by atoms with Gasteiger partial charge in [0.1, 0.15) is 0 Å². The van der Waals surface area contributed by atoms with Crippen LogP contribution in [0.4, 0.5) is 0 Å². The van der Waals surface area contributed by atoms with Crippen molar-refractivity contribution in [3.63, 3.8) is 0 Å². The van der Waals surface area contributed by atoms with Gasteiger partial charge in [-0.1, -0.05) is 160 Å². The first-order chi connectivity index (χ1) is 20.7. The zero-order valence-electron chi connectivity index (χ0n) is 33.3. The molecule has 0 unspecified atom stereocenters. The average molecular weight is 745 g/mol. The third-order valence-electron chi connectivity index (χ3n) is 8.58. The molecule has 0 fully saturated rings. The summed E-state index contributed by atoms with van der Waals surface area (Å²) in [5, 5.41) is 0. The molecule has 0 radical (unpaired) electrons. The van der Waals surface area contributed by atoms with Crippen LogP contribution in [0.1, 0.15) is 160 Å². The van der Waals surface area contributed by atoms with Crippen LogP contribution in [-0.2, 0) is 21.7 Å². The number of hydrogen-bond donors (Lipinski definition) is 4. The Balaban J connectivity index is -0.000000157. The van der Waals surface area contributed by atoms with Crippen LogP contribution >= 0.6 is 0 Å². The molecule has 0 aromatic heterocycles. The summed E-state index contributed by atoms with van der Waals surface area (Å²) in [6.07, 6.45) is 13.9. The summed E-state index contributed by atoms with van der Waals surface area (Å²) in [6, 6.07) is 13.3. The fourth-order valence-electron chi connectivity index (χ4n) is 7.08. The van der Waals surface area contributed by atoms with Gasteiger partial charge in [0.15, 0.2) is 33.3 Å². The van der Waals surface area contributed by atoms with Gasteiger partial charge in [0, 0.05) is 21.7 Å². The van der Waals surface area contributed by atoms with Crippen LogP contribution in [0.15, 0.2) is 0 Å². The Morgan fingerprint density at radius 2 is 0.289 bits per heavy atom. The molecule has 0 bridgehead atoms. The molecule has 4 N–H and O–H groups in total. The summed E-state index contributed by atoms with van der Waals surface area (Å²) in [7, 11) is -7.00. The molecule has 9 heteroatoms. The fraction of sp³-hybridized carbons (Fsp3) is 1.00. The molecule has 276 valence electrons. The van der Waals surface area contributed by atoms with Gasteiger partial charge in [0.25, 0.3) is 0 Å². The Morgan fingerprint density at radius 1 is 0.222 bits per heavy atom. The van der Waals surface area contributed by atoms with E-state index in [4.69, 9.17) is 0 Å². The quantitative estimate of drug-likeness (QED) is 0.0742. The van der Waals surface area contributed by atoms with E-state index in [2.05, 4.69) is 83.1 Å². The normalized spacial score (nSPS) is 11.7. The molecule has 4 nitrogen and oxygen atoms in total. The molecule has 0 aliphatic heterocycles. The Bertz CT molecular complexity index is 409. The SMILES string of the molecule is CCC[Si](O)(CCC)CCC.CCC[Si](O)(CCC)CCC.CCC[Si](O)(CCC)CCC.CCC[Si](O)(CCC)CCC.[Ti]. The van der Waals surface area contributed by atoms with Crippen LogP contribution in [-0.4, -0.2) is 52.5 Å². The summed E-state index contributed by atoms with van der Waals surface area (Å²) >= 11 is 0. The third-order valence-corrected chi connectivity index (χ3v) is 25.8. The van der Waals surface area contributed by atoms with Crippen LogP contribution in [0.3, 0.4) is 0 Å². The molecular weight excluding hydrogens is 657 g/mol. The topological polar surface area (TPSA) is 80.9 Å². The Kier molecular flexibility index (Phi) is 45.5. The van der Waals surface area contributed by atoms with Gasteiger partial charge in [0.05, 0.1) is 0 Å². The molecule has 0 spiro atoms. The Morgan fingerprint density at radius 3 is 0.333 bits per heavy atom. The number of rotatable bonds is 24. The molecule has 0 aliphatic carbocycles. The summed E-state index contributed by atoms with van der Waals surface area (Å²) in [6.45, 7) is 26.0. The molecule has 0 atom stereocenters. The summed E-state index contributed by atoms with van der Waals surface area (Å²) in [4.78, 5) is 40.6. The summed E-state index contributed by atoms with van der Waals surface area (Å²) < 4.78 is 0. The van der Waals surface area contributed by atoms with Crippen LogP contribution in [0.2, 0.25) is 72.5 Å². The molecule has 0 aromatic rings. The van der Waals surface area contributed by atoms with Crippen molar-refractivity contribution in [2.24, 2.45) is 0 Å². The van der Waals surface area contributed by atoms with Crippen molar-refractivity contribution in [2.45, 2.75) is 233 Å². The average Bonchev–Trinajstić information content (AvgIpc) is 2.91. The van der Waals surface area contributed by atoms with Crippen molar-refractivity contribution < 1.29 is 40.9 Å². The fourth-order valence-corrected chi connectivity index (χ4v) is 21.3. The molecule has 0 saturated carbocycles. The van der Waals surface area contributed by atoms with Gasteiger partial charge in [-0.15, -0.1) is 0 Å². The maximum absolute atomic E-state index is 10.2. The minimum atomic E-state index is -1.75. The van der Waals surface area contributed by atoms with E-state index in [0.29, 0.717) is 0 Å². The van der Waals surface area contributed by atoms with E-state index in [-0.39, 0.29) is 21.7 Å². The zero-order valence-corrected chi connectivity index (χ0v) is 38.8. The second-order valence-electron chi connectivity index (χ2n) is 13.9. The van der Waals surface area contributed by atoms with E-state index >= 15 is 0 Å². The second-order valence-corrected chi connectivity index (χ2v) is 29.7. The van der Waals surface area contributed by atoms with E-state index in [1.165, 1.54) is 0 Å². The molecule has 0 heterocycles. The standard InChI is InChI=1S/4C9H22OSi.Ti/c4*1-4-7-11(10,8-5-2)9-6-3;/h4*10H,4-9H2,1-3H3;. The predicted molar refractivity (Wildman–Crippen MR) is 213 cm³/mol.